The molecular formula is C17H23N3O4. The zero-order chi connectivity index (χ0) is 17.7. The molecule has 0 bridgehead atoms. The quantitative estimate of drug-likeness (QED) is 0.646. The van der Waals surface area contributed by atoms with Crippen molar-refractivity contribution in [1.82, 2.24) is 9.80 Å². The number of phenols is 1. The molecule has 2 N–H and O–H groups in total. The van der Waals surface area contributed by atoms with E-state index in [0.29, 0.717) is 26.2 Å². The van der Waals surface area contributed by atoms with Crippen molar-refractivity contribution in [1.29, 1.82) is 0 Å². The molecule has 0 spiro atoms. The molecule has 0 radical (unpaired) electrons. The summed E-state index contributed by atoms with van der Waals surface area (Å²) in [7, 11) is 3.62. The number of ketones is 1. The van der Waals surface area contributed by atoms with E-state index in [9.17, 15) is 14.7 Å². The summed E-state index contributed by atoms with van der Waals surface area (Å²) in [6.45, 7) is 2.18. The van der Waals surface area contributed by atoms with Gasteiger partial charge in [-0.1, -0.05) is 0 Å². The molecule has 0 unspecified atom stereocenters. The van der Waals surface area contributed by atoms with E-state index in [2.05, 4.69) is 0 Å². The first-order chi connectivity index (χ1) is 11.4. The van der Waals surface area contributed by atoms with Crippen LogP contribution in [-0.2, 0) is 0 Å². The van der Waals surface area contributed by atoms with Gasteiger partial charge in [-0.25, -0.2) is 4.79 Å². The zero-order valence-corrected chi connectivity index (χ0v) is 14.0. The Morgan fingerprint density at radius 2 is 1.92 bits per heavy atom. The number of hydrogen-bond acceptors (Lipinski definition) is 5. The Morgan fingerprint density at radius 3 is 2.54 bits per heavy atom. The van der Waals surface area contributed by atoms with Crippen LogP contribution in [0.3, 0.4) is 0 Å². The maximum atomic E-state index is 12.1. The molecule has 1 aromatic carbocycles. The normalized spacial score (nSPS) is 15.4. The molecule has 0 aromatic heterocycles. The molecule has 7 nitrogen and oxygen atoms in total. The Kier molecular flexibility index (Phi) is 5.68. The Labute approximate surface area is 141 Å². The lowest BCUT2D eigenvalue weighted by atomic mass is 10.1. The third kappa shape index (κ3) is 4.41. The number of aromatic hydroxyl groups is 1. The fourth-order valence-electron chi connectivity index (χ4n) is 2.60. The first-order valence-corrected chi connectivity index (χ1v) is 7.83. The predicted octanol–water partition coefficient (Wildman–Crippen LogP) is 1.84. The number of carbonyl (C=O) groups is 2. The average Bonchev–Trinajstić information content (AvgIpc) is 2.78. The lowest BCUT2D eigenvalue weighted by Gasteiger charge is -2.23. The zero-order valence-electron chi connectivity index (χ0n) is 14.0. The van der Waals surface area contributed by atoms with Crippen molar-refractivity contribution >= 4 is 17.6 Å². The summed E-state index contributed by atoms with van der Waals surface area (Å²) in [6, 6.07) is 4.95. The molecule has 1 amide bonds. The molecule has 1 aromatic rings. The van der Waals surface area contributed by atoms with E-state index in [4.69, 9.17) is 5.11 Å². The van der Waals surface area contributed by atoms with Crippen LogP contribution in [0.15, 0.2) is 30.5 Å². The van der Waals surface area contributed by atoms with Crippen molar-refractivity contribution in [2.45, 2.75) is 6.42 Å². The predicted molar refractivity (Wildman–Crippen MR) is 91.7 cm³/mol. The highest BCUT2D eigenvalue weighted by molar-refractivity contribution is 6.06. The van der Waals surface area contributed by atoms with Crippen molar-refractivity contribution in [3.8, 4) is 5.75 Å². The van der Waals surface area contributed by atoms with Gasteiger partial charge in [-0.3, -0.25) is 4.79 Å². The Hall–Kier alpha value is -2.70. The van der Waals surface area contributed by atoms with Gasteiger partial charge >= 0.3 is 6.09 Å². The van der Waals surface area contributed by atoms with Crippen molar-refractivity contribution in [3.05, 3.63) is 36.0 Å². The summed E-state index contributed by atoms with van der Waals surface area (Å²) >= 11 is 0. The van der Waals surface area contributed by atoms with E-state index in [1.165, 1.54) is 11.0 Å². The van der Waals surface area contributed by atoms with Gasteiger partial charge < -0.3 is 24.9 Å². The topological polar surface area (TPSA) is 84.3 Å². The van der Waals surface area contributed by atoms with E-state index in [1.807, 2.05) is 19.0 Å². The first kappa shape index (κ1) is 17.7. The standard InChI is InChI=1S/C17H23N3O4/c1-18(2)9-6-15(21)14-5-4-13(12-16(14)22)19-7-3-8-20(11-10-19)17(23)24/h4-6,9,12,22H,3,7-8,10-11H2,1-2H3,(H,23,24). The number of benzene rings is 1. The third-order valence-electron chi connectivity index (χ3n) is 3.90. The van der Waals surface area contributed by atoms with E-state index in [0.717, 1.165) is 12.1 Å². The minimum Gasteiger partial charge on any atom is -0.507 e. The highest BCUT2D eigenvalue weighted by atomic mass is 16.4. The van der Waals surface area contributed by atoms with Crippen LogP contribution in [0.5, 0.6) is 5.75 Å². The van der Waals surface area contributed by atoms with Gasteiger partial charge in [0.15, 0.2) is 5.78 Å². The number of amides is 1. The van der Waals surface area contributed by atoms with E-state index in [1.54, 1.807) is 29.3 Å². The maximum absolute atomic E-state index is 12.1. The Morgan fingerprint density at radius 1 is 1.17 bits per heavy atom. The molecule has 0 saturated carbocycles. The average molecular weight is 333 g/mol. The molecule has 1 fully saturated rings. The van der Waals surface area contributed by atoms with Gasteiger partial charge in [0.05, 0.1) is 5.56 Å². The highest BCUT2D eigenvalue weighted by Crippen LogP contribution is 2.26. The highest BCUT2D eigenvalue weighted by Gasteiger charge is 2.19. The number of rotatable bonds is 4. The molecule has 2 rings (SSSR count). The Bertz CT molecular complexity index is 643. The van der Waals surface area contributed by atoms with Gasteiger partial charge in [-0.15, -0.1) is 0 Å². The minimum atomic E-state index is -0.909. The molecule has 24 heavy (non-hydrogen) atoms. The summed E-state index contributed by atoms with van der Waals surface area (Å²) in [5, 5.41) is 19.2. The Balaban J connectivity index is 2.11. The second-order valence-corrected chi connectivity index (χ2v) is 5.96. The fraction of sp³-hybridized carbons (Fsp3) is 0.412. The molecule has 1 aliphatic heterocycles. The van der Waals surface area contributed by atoms with Crippen LogP contribution >= 0.6 is 0 Å². The largest absolute Gasteiger partial charge is 0.507 e. The van der Waals surface area contributed by atoms with Crippen molar-refractivity contribution in [2.24, 2.45) is 0 Å². The fourth-order valence-corrected chi connectivity index (χ4v) is 2.60. The van der Waals surface area contributed by atoms with Gasteiger partial charge in [-0.05, 0) is 18.6 Å². The van der Waals surface area contributed by atoms with Crippen molar-refractivity contribution < 1.29 is 19.8 Å². The van der Waals surface area contributed by atoms with Crippen LogP contribution < -0.4 is 4.90 Å². The number of anilines is 1. The van der Waals surface area contributed by atoms with Crippen LogP contribution in [0.2, 0.25) is 0 Å². The third-order valence-corrected chi connectivity index (χ3v) is 3.90. The molecule has 1 saturated heterocycles. The molecule has 0 atom stereocenters. The van der Waals surface area contributed by atoms with E-state index in [-0.39, 0.29) is 17.1 Å². The number of phenolic OH excluding ortho intramolecular Hbond substituents is 1. The van der Waals surface area contributed by atoms with Crippen LogP contribution in [0.25, 0.3) is 0 Å². The second-order valence-electron chi connectivity index (χ2n) is 5.96. The minimum absolute atomic E-state index is 0.0692. The smallest absolute Gasteiger partial charge is 0.407 e. The van der Waals surface area contributed by atoms with Gasteiger partial charge in [0.2, 0.25) is 0 Å². The maximum Gasteiger partial charge on any atom is 0.407 e. The van der Waals surface area contributed by atoms with Gasteiger partial charge in [0, 0.05) is 64.3 Å². The van der Waals surface area contributed by atoms with Crippen LogP contribution in [0.1, 0.15) is 16.8 Å². The number of hydrogen-bond donors (Lipinski definition) is 2. The molecule has 130 valence electrons. The summed E-state index contributed by atoms with van der Waals surface area (Å²) in [4.78, 5) is 28.3. The number of allylic oxidation sites excluding steroid dienone is 1. The first-order valence-electron chi connectivity index (χ1n) is 7.83. The van der Waals surface area contributed by atoms with Crippen LogP contribution in [0.4, 0.5) is 10.5 Å². The van der Waals surface area contributed by atoms with Gasteiger partial charge in [-0.2, -0.15) is 0 Å². The molecule has 1 aliphatic rings. The number of carboxylic acid groups (broad SMARTS) is 1. The van der Waals surface area contributed by atoms with Crippen LogP contribution in [0, 0.1) is 0 Å². The van der Waals surface area contributed by atoms with Crippen molar-refractivity contribution in [2.75, 3.05) is 45.2 Å². The van der Waals surface area contributed by atoms with Gasteiger partial charge in [0.1, 0.15) is 5.75 Å². The van der Waals surface area contributed by atoms with Crippen LogP contribution in [-0.4, -0.2) is 72.2 Å². The molecule has 1 heterocycles. The molecule has 0 aliphatic carbocycles. The molecule has 7 heteroatoms. The molecular weight excluding hydrogens is 310 g/mol. The summed E-state index contributed by atoms with van der Waals surface area (Å²) < 4.78 is 0. The number of carbonyl (C=O) groups excluding carboxylic acids is 1. The van der Waals surface area contributed by atoms with Gasteiger partial charge in [0.25, 0.3) is 0 Å². The van der Waals surface area contributed by atoms with Crippen molar-refractivity contribution in [3.63, 3.8) is 0 Å². The SMILES string of the molecule is CN(C)C=CC(=O)c1ccc(N2CCCN(C(=O)O)CC2)cc1O. The van der Waals surface area contributed by atoms with E-state index >= 15 is 0 Å². The summed E-state index contributed by atoms with van der Waals surface area (Å²) in [5.74, 6) is -0.332. The lowest BCUT2D eigenvalue weighted by molar-refractivity contribution is 0.104. The lowest BCUT2D eigenvalue weighted by Crippen LogP contribution is -2.34. The monoisotopic (exact) mass is 333 g/mol. The summed E-state index contributed by atoms with van der Waals surface area (Å²) in [5.41, 5.74) is 1.03. The number of nitrogens with zero attached hydrogens (tertiary/aromatic N) is 3. The second kappa shape index (κ2) is 7.72. The summed E-state index contributed by atoms with van der Waals surface area (Å²) in [6.07, 6.45) is 2.85. The van der Waals surface area contributed by atoms with E-state index < -0.39 is 6.09 Å².